The van der Waals surface area contributed by atoms with E-state index >= 15 is 0 Å². The van der Waals surface area contributed by atoms with Gasteiger partial charge in [-0.3, -0.25) is 0 Å². The van der Waals surface area contributed by atoms with E-state index in [2.05, 4.69) is 0 Å². The predicted molar refractivity (Wildman–Crippen MR) is 121 cm³/mol. The van der Waals surface area contributed by atoms with Crippen molar-refractivity contribution in [1.29, 1.82) is 0 Å². The van der Waals surface area contributed by atoms with Crippen molar-refractivity contribution >= 4 is 28.5 Å². The van der Waals surface area contributed by atoms with Crippen LogP contribution in [-0.4, -0.2) is 15.6 Å². The van der Waals surface area contributed by atoms with E-state index in [1.807, 2.05) is 53.1 Å². The highest BCUT2D eigenvalue weighted by molar-refractivity contribution is 6.31. The molecular weight excluding hydrogens is 410 g/mol. The summed E-state index contributed by atoms with van der Waals surface area (Å²) in [4.78, 5) is 12.5. The normalized spacial score (nSPS) is 28.9. The standard InChI is InChI=1S/C26H26ClNO3/c27-19-6-7-23-21(13-19)25(31-20-4-2-1-3-5-20)24(26(29)30)28(23)14-22-17-9-15-8-16(11-17)12-18(22)10-15/h1-7,13,15-18,22H,8-12,14H2,(H,29,30). The lowest BCUT2D eigenvalue weighted by Crippen LogP contribution is -2.46. The number of carboxylic acids is 1. The Morgan fingerprint density at radius 3 is 2.32 bits per heavy atom. The molecule has 0 spiro atoms. The summed E-state index contributed by atoms with van der Waals surface area (Å²) in [5, 5.41) is 11.6. The largest absolute Gasteiger partial charge is 0.476 e. The summed E-state index contributed by atoms with van der Waals surface area (Å²) in [6.45, 7) is 0.743. The van der Waals surface area contributed by atoms with Crippen LogP contribution in [0.3, 0.4) is 0 Å². The fourth-order valence-electron chi connectivity index (χ4n) is 6.95. The molecule has 4 fully saturated rings. The van der Waals surface area contributed by atoms with Crippen LogP contribution in [0.15, 0.2) is 48.5 Å². The first-order valence-electron chi connectivity index (χ1n) is 11.3. The van der Waals surface area contributed by atoms with Gasteiger partial charge in [0.15, 0.2) is 11.4 Å². The van der Waals surface area contributed by atoms with E-state index in [1.165, 1.54) is 32.1 Å². The van der Waals surface area contributed by atoms with E-state index in [4.69, 9.17) is 16.3 Å². The van der Waals surface area contributed by atoms with Crippen molar-refractivity contribution < 1.29 is 14.6 Å². The molecule has 4 aliphatic carbocycles. The van der Waals surface area contributed by atoms with Gasteiger partial charge in [-0.25, -0.2) is 4.79 Å². The maximum Gasteiger partial charge on any atom is 0.356 e. The Balaban J connectivity index is 1.46. The first-order chi connectivity index (χ1) is 15.1. The molecule has 7 rings (SSSR count). The van der Waals surface area contributed by atoms with Gasteiger partial charge >= 0.3 is 5.97 Å². The maximum absolute atomic E-state index is 12.5. The minimum Gasteiger partial charge on any atom is -0.476 e. The number of carbonyl (C=O) groups is 1. The topological polar surface area (TPSA) is 51.5 Å². The minimum absolute atomic E-state index is 0.231. The number of ether oxygens (including phenoxy) is 1. The van der Waals surface area contributed by atoms with Crippen LogP contribution in [0.4, 0.5) is 0 Å². The number of para-hydroxylation sites is 1. The second-order valence-corrected chi connectivity index (χ2v) is 10.2. The Bertz CT molecular complexity index is 1120. The molecule has 1 N–H and O–H groups in total. The molecule has 31 heavy (non-hydrogen) atoms. The van der Waals surface area contributed by atoms with Crippen molar-refractivity contribution in [2.24, 2.45) is 29.6 Å². The highest BCUT2D eigenvalue weighted by Crippen LogP contribution is 2.57. The smallest absolute Gasteiger partial charge is 0.356 e. The number of hydrogen-bond acceptors (Lipinski definition) is 2. The highest BCUT2D eigenvalue weighted by atomic mass is 35.5. The van der Waals surface area contributed by atoms with Crippen molar-refractivity contribution in [3.63, 3.8) is 0 Å². The molecule has 0 saturated heterocycles. The van der Waals surface area contributed by atoms with Gasteiger partial charge in [0.25, 0.3) is 0 Å². The van der Waals surface area contributed by atoms with Crippen LogP contribution >= 0.6 is 11.6 Å². The molecule has 0 unspecified atom stereocenters. The van der Waals surface area contributed by atoms with E-state index < -0.39 is 5.97 Å². The van der Waals surface area contributed by atoms with Crippen LogP contribution in [0.2, 0.25) is 5.02 Å². The summed E-state index contributed by atoms with van der Waals surface area (Å²) >= 11 is 6.31. The summed E-state index contributed by atoms with van der Waals surface area (Å²) < 4.78 is 8.17. The van der Waals surface area contributed by atoms with Crippen molar-refractivity contribution in [2.45, 2.75) is 38.6 Å². The molecule has 0 amide bonds. The lowest BCUT2D eigenvalue weighted by Gasteiger charge is -2.54. The van der Waals surface area contributed by atoms with Crippen LogP contribution < -0.4 is 4.74 Å². The maximum atomic E-state index is 12.5. The number of fused-ring (bicyclic) bond motifs is 1. The number of aromatic nitrogens is 1. The zero-order valence-corrected chi connectivity index (χ0v) is 18.1. The molecule has 0 radical (unpaired) electrons. The summed E-state index contributed by atoms with van der Waals surface area (Å²) in [5.74, 6) is 3.84. The summed E-state index contributed by atoms with van der Waals surface area (Å²) in [6.07, 6.45) is 6.69. The Hall–Kier alpha value is -2.46. The average Bonchev–Trinajstić information content (AvgIpc) is 3.03. The van der Waals surface area contributed by atoms with Gasteiger partial charge < -0.3 is 14.4 Å². The van der Waals surface area contributed by atoms with Crippen molar-refractivity contribution in [1.82, 2.24) is 4.57 Å². The van der Waals surface area contributed by atoms with Gasteiger partial charge in [-0.05, 0) is 92.0 Å². The molecule has 2 aromatic carbocycles. The fourth-order valence-corrected chi connectivity index (χ4v) is 7.13. The molecule has 3 aromatic rings. The van der Waals surface area contributed by atoms with Gasteiger partial charge in [-0.1, -0.05) is 29.8 Å². The Kier molecular flexibility index (Phi) is 4.53. The molecule has 4 aliphatic rings. The summed E-state index contributed by atoms with van der Waals surface area (Å²) in [5.41, 5.74) is 1.12. The lowest BCUT2D eigenvalue weighted by molar-refractivity contribution is -0.0428. The van der Waals surface area contributed by atoms with Crippen LogP contribution in [0, 0.1) is 29.6 Å². The molecule has 0 atom stereocenters. The van der Waals surface area contributed by atoms with Gasteiger partial charge in [0.1, 0.15) is 5.75 Å². The molecular formula is C26H26ClNO3. The van der Waals surface area contributed by atoms with Crippen LogP contribution in [0.5, 0.6) is 11.5 Å². The lowest BCUT2D eigenvalue weighted by atomic mass is 9.52. The van der Waals surface area contributed by atoms with Crippen LogP contribution in [0.25, 0.3) is 10.9 Å². The quantitative estimate of drug-likeness (QED) is 0.476. The van der Waals surface area contributed by atoms with E-state index in [9.17, 15) is 9.90 Å². The first-order valence-corrected chi connectivity index (χ1v) is 11.7. The second-order valence-electron chi connectivity index (χ2n) is 9.76. The monoisotopic (exact) mass is 435 g/mol. The average molecular weight is 436 g/mol. The Labute approximate surface area is 186 Å². The third kappa shape index (κ3) is 3.23. The van der Waals surface area contributed by atoms with Crippen molar-refractivity contribution in [3.8, 4) is 11.5 Å². The number of halogens is 1. The molecule has 1 heterocycles. The number of hydrogen-bond donors (Lipinski definition) is 1. The summed E-state index contributed by atoms with van der Waals surface area (Å²) in [6, 6.07) is 15.0. The summed E-state index contributed by atoms with van der Waals surface area (Å²) in [7, 11) is 0. The van der Waals surface area contributed by atoms with Gasteiger partial charge in [-0.15, -0.1) is 0 Å². The predicted octanol–water partition coefficient (Wildman–Crippen LogP) is 6.86. The molecule has 160 valence electrons. The molecule has 0 aliphatic heterocycles. The van der Waals surface area contributed by atoms with Crippen molar-refractivity contribution in [2.75, 3.05) is 0 Å². The SMILES string of the molecule is O=C(O)c1c(Oc2ccccc2)c2cc(Cl)ccc2n1CC1C2CC3CC(C2)CC1C3. The zero-order valence-electron chi connectivity index (χ0n) is 17.3. The van der Waals surface area contributed by atoms with E-state index in [0.29, 0.717) is 22.4 Å². The second kappa shape index (κ2) is 7.30. The third-order valence-electron chi connectivity index (χ3n) is 7.96. The molecule has 4 nitrogen and oxygen atoms in total. The fraction of sp³-hybridized carbons (Fsp3) is 0.423. The van der Waals surface area contributed by atoms with E-state index in [-0.39, 0.29) is 5.69 Å². The molecule has 4 saturated carbocycles. The van der Waals surface area contributed by atoms with Crippen LogP contribution in [-0.2, 0) is 6.54 Å². The number of aromatic carboxylic acids is 1. The van der Waals surface area contributed by atoms with Crippen molar-refractivity contribution in [3.05, 3.63) is 59.2 Å². The minimum atomic E-state index is -0.956. The Morgan fingerprint density at radius 2 is 1.68 bits per heavy atom. The number of benzene rings is 2. The first kappa shape index (κ1) is 19.2. The zero-order chi connectivity index (χ0) is 21.1. The van der Waals surface area contributed by atoms with Gasteiger partial charge in [0.2, 0.25) is 0 Å². The molecule has 1 aromatic heterocycles. The molecule has 4 bridgehead atoms. The Morgan fingerprint density at radius 1 is 1.00 bits per heavy atom. The third-order valence-corrected chi connectivity index (χ3v) is 8.20. The van der Waals surface area contributed by atoms with Gasteiger partial charge in [0.05, 0.1) is 5.52 Å². The highest BCUT2D eigenvalue weighted by Gasteiger charge is 2.48. The van der Waals surface area contributed by atoms with Gasteiger partial charge in [-0.2, -0.15) is 0 Å². The number of nitrogens with zero attached hydrogens (tertiary/aromatic N) is 1. The molecule has 5 heteroatoms. The van der Waals surface area contributed by atoms with Gasteiger partial charge in [0, 0.05) is 17.0 Å². The van der Waals surface area contributed by atoms with Crippen LogP contribution in [0.1, 0.15) is 42.6 Å². The number of rotatable bonds is 5. The van der Waals surface area contributed by atoms with E-state index in [0.717, 1.165) is 41.1 Å². The van der Waals surface area contributed by atoms with E-state index in [1.54, 1.807) is 0 Å². The number of carboxylic acid groups (broad SMARTS) is 1.